The van der Waals surface area contributed by atoms with E-state index in [9.17, 15) is 9.59 Å². The predicted octanol–water partition coefficient (Wildman–Crippen LogP) is 1.48. The SMILES string of the molecule is O=C(NCCn1nc(-n2cncn2)ccc1=O)NCc1cccc2ccccc12. The van der Waals surface area contributed by atoms with Gasteiger partial charge in [-0.25, -0.2) is 19.1 Å². The van der Waals surface area contributed by atoms with E-state index in [0.29, 0.717) is 12.4 Å². The second-order valence-electron chi connectivity index (χ2n) is 6.34. The van der Waals surface area contributed by atoms with Gasteiger partial charge in [0.15, 0.2) is 5.82 Å². The number of hydrogen-bond donors (Lipinski definition) is 2. The maximum atomic E-state index is 12.1. The molecule has 9 nitrogen and oxygen atoms in total. The monoisotopic (exact) mass is 389 g/mol. The first kappa shape index (κ1) is 18.4. The van der Waals surface area contributed by atoms with Gasteiger partial charge in [0.1, 0.15) is 12.7 Å². The quantitative estimate of drug-likeness (QED) is 0.519. The molecule has 29 heavy (non-hydrogen) atoms. The van der Waals surface area contributed by atoms with Crippen molar-refractivity contribution in [3.8, 4) is 5.82 Å². The predicted molar refractivity (Wildman–Crippen MR) is 108 cm³/mol. The number of urea groups is 1. The van der Waals surface area contributed by atoms with Gasteiger partial charge in [0, 0.05) is 19.2 Å². The normalized spacial score (nSPS) is 10.8. The summed E-state index contributed by atoms with van der Waals surface area (Å²) in [6, 6.07) is 16.7. The van der Waals surface area contributed by atoms with Gasteiger partial charge in [0.2, 0.25) is 0 Å². The fraction of sp³-hybridized carbons (Fsp3) is 0.150. The van der Waals surface area contributed by atoms with Gasteiger partial charge in [-0.3, -0.25) is 4.79 Å². The number of fused-ring (bicyclic) bond motifs is 1. The average molecular weight is 389 g/mol. The number of amides is 2. The molecule has 9 heteroatoms. The average Bonchev–Trinajstić information content (AvgIpc) is 3.28. The molecule has 0 saturated carbocycles. The van der Waals surface area contributed by atoms with Crippen molar-refractivity contribution in [1.29, 1.82) is 0 Å². The maximum Gasteiger partial charge on any atom is 0.315 e. The van der Waals surface area contributed by atoms with Gasteiger partial charge in [-0.05, 0) is 22.4 Å². The lowest BCUT2D eigenvalue weighted by Gasteiger charge is -2.10. The highest BCUT2D eigenvalue weighted by Gasteiger charge is 2.06. The number of hydrogen-bond acceptors (Lipinski definition) is 5. The third kappa shape index (κ3) is 4.29. The van der Waals surface area contributed by atoms with E-state index in [0.717, 1.165) is 16.3 Å². The smallest absolute Gasteiger partial charge is 0.315 e. The molecule has 2 amide bonds. The van der Waals surface area contributed by atoms with E-state index in [2.05, 4.69) is 25.8 Å². The number of benzene rings is 2. The Labute approximate surface area is 166 Å². The van der Waals surface area contributed by atoms with Crippen LogP contribution in [0.15, 0.2) is 72.0 Å². The molecule has 0 aliphatic heterocycles. The highest BCUT2D eigenvalue weighted by atomic mass is 16.2. The van der Waals surface area contributed by atoms with Crippen LogP contribution in [-0.2, 0) is 13.1 Å². The van der Waals surface area contributed by atoms with Crippen LogP contribution in [0.1, 0.15) is 5.56 Å². The van der Waals surface area contributed by atoms with E-state index in [4.69, 9.17) is 0 Å². The van der Waals surface area contributed by atoms with Crippen molar-refractivity contribution in [3.63, 3.8) is 0 Å². The molecule has 2 N–H and O–H groups in total. The Kier molecular flexibility index (Phi) is 5.28. The molecular formula is C20H19N7O2. The van der Waals surface area contributed by atoms with Crippen LogP contribution in [0.25, 0.3) is 16.6 Å². The molecule has 4 aromatic rings. The number of aromatic nitrogens is 5. The van der Waals surface area contributed by atoms with Gasteiger partial charge < -0.3 is 10.6 Å². The summed E-state index contributed by atoms with van der Waals surface area (Å²) in [6.45, 7) is 0.908. The first-order valence-electron chi connectivity index (χ1n) is 9.12. The second kappa shape index (κ2) is 8.34. The lowest BCUT2D eigenvalue weighted by atomic mass is 10.0. The largest absolute Gasteiger partial charge is 0.336 e. The number of nitrogens with one attached hydrogen (secondary N) is 2. The minimum absolute atomic E-state index is 0.239. The highest BCUT2D eigenvalue weighted by molar-refractivity contribution is 5.86. The maximum absolute atomic E-state index is 12.1. The van der Waals surface area contributed by atoms with Crippen molar-refractivity contribution in [3.05, 3.63) is 83.2 Å². The van der Waals surface area contributed by atoms with E-state index in [1.807, 2.05) is 42.5 Å². The van der Waals surface area contributed by atoms with E-state index in [-0.39, 0.29) is 24.7 Å². The Morgan fingerprint density at radius 3 is 2.72 bits per heavy atom. The van der Waals surface area contributed by atoms with Crippen molar-refractivity contribution in [2.75, 3.05) is 6.54 Å². The standard InChI is InChI=1S/C20H19N7O2/c28-19-9-8-18(27-14-21-13-24-27)25-26(19)11-10-22-20(29)23-12-16-6-3-5-15-4-1-2-7-17(15)16/h1-9,13-14H,10-12H2,(H2,22,23,29). The van der Waals surface area contributed by atoms with Crippen molar-refractivity contribution in [1.82, 2.24) is 35.2 Å². The van der Waals surface area contributed by atoms with Gasteiger partial charge >= 0.3 is 6.03 Å². The lowest BCUT2D eigenvalue weighted by Crippen LogP contribution is -2.38. The van der Waals surface area contributed by atoms with E-state index in [1.54, 1.807) is 6.07 Å². The zero-order valence-electron chi connectivity index (χ0n) is 15.5. The van der Waals surface area contributed by atoms with Crippen LogP contribution in [0.2, 0.25) is 0 Å². The molecule has 4 rings (SSSR count). The fourth-order valence-corrected chi connectivity index (χ4v) is 3.01. The van der Waals surface area contributed by atoms with Gasteiger partial charge in [0.25, 0.3) is 5.56 Å². The molecule has 0 unspecified atom stereocenters. The molecule has 0 spiro atoms. The van der Waals surface area contributed by atoms with Gasteiger partial charge in [-0.15, -0.1) is 5.10 Å². The molecule has 0 saturated heterocycles. The number of carbonyl (C=O) groups excluding carboxylic acids is 1. The lowest BCUT2D eigenvalue weighted by molar-refractivity contribution is 0.240. The summed E-state index contributed by atoms with van der Waals surface area (Å²) < 4.78 is 2.74. The second-order valence-corrected chi connectivity index (χ2v) is 6.34. The van der Waals surface area contributed by atoms with Gasteiger partial charge in [-0.1, -0.05) is 42.5 Å². The van der Waals surface area contributed by atoms with Gasteiger partial charge in [0.05, 0.1) is 6.54 Å². The summed E-state index contributed by atoms with van der Waals surface area (Å²) >= 11 is 0. The fourth-order valence-electron chi connectivity index (χ4n) is 3.01. The van der Waals surface area contributed by atoms with Crippen molar-refractivity contribution in [2.45, 2.75) is 13.1 Å². The Morgan fingerprint density at radius 2 is 1.86 bits per heavy atom. The summed E-state index contributed by atoms with van der Waals surface area (Å²) in [4.78, 5) is 28.0. The summed E-state index contributed by atoms with van der Waals surface area (Å²) in [5.74, 6) is 0.475. The molecule has 146 valence electrons. The minimum Gasteiger partial charge on any atom is -0.336 e. The first-order chi connectivity index (χ1) is 14.2. The molecule has 0 aliphatic carbocycles. The minimum atomic E-state index is -0.307. The third-order valence-electron chi connectivity index (χ3n) is 4.43. The van der Waals surface area contributed by atoms with E-state index >= 15 is 0 Å². The molecular weight excluding hydrogens is 370 g/mol. The summed E-state index contributed by atoms with van der Waals surface area (Å²) in [6.07, 6.45) is 2.88. The number of nitrogens with zero attached hydrogens (tertiary/aromatic N) is 5. The first-order valence-corrected chi connectivity index (χ1v) is 9.12. The third-order valence-corrected chi connectivity index (χ3v) is 4.43. The molecule has 2 heterocycles. The zero-order chi connectivity index (χ0) is 20.1. The Morgan fingerprint density at radius 1 is 1.00 bits per heavy atom. The van der Waals surface area contributed by atoms with E-state index in [1.165, 1.54) is 28.1 Å². The molecule has 0 bridgehead atoms. The van der Waals surface area contributed by atoms with Crippen molar-refractivity contribution >= 4 is 16.8 Å². The summed E-state index contributed by atoms with van der Waals surface area (Å²) in [5.41, 5.74) is 0.781. The van der Waals surface area contributed by atoms with Crippen molar-refractivity contribution < 1.29 is 4.79 Å². The van der Waals surface area contributed by atoms with E-state index < -0.39 is 0 Å². The topological polar surface area (TPSA) is 107 Å². The Hall–Kier alpha value is -4.01. The van der Waals surface area contributed by atoms with Crippen LogP contribution in [0, 0.1) is 0 Å². The molecule has 2 aromatic heterocycles. The van der Waals surface area contributed by atoms with Crippen LogP contribution in [0.4, 0.5) is 4.79 Å². The van der Waals surface area contributed by atoms with Crippen LogP contribution >= 0.6 is 0 Å². The molecule has 2 aromatic carbocycles. The Balaban J connectivity index is 1.32. The zero-order valence-corrected chi connectivity index (χ0v) is 15.5. The van der Waals surface area contributed by atoms with Crippen LogP contribution in [0.5, 0.6) is 0 Å². The van der Waals surface area contributed by atoms with Crippen molar-refractivity contribution in [2.24, 2.45) is 0 Å². The van der Waals surface area contributed by atoms with Gasteiger partial charge in [-0.2, -0.15) is 5.10 Å². The van der Waals surface area contributed by atoms with Crippen LogP contribution in [0.3, 0.4) is 0 Å². The summed E-state index contributed by atoms with van der Waals surface area (Å²) in [5, 5.41) is 16.0. The number of rotatable bonds is 6. The highest BCUT2D eigenvalue weighted by Crippen LogP contribution is 2.18. The molecule has 0 atom stereocenters. The molecule has 0 aliphatic rings. The molecule has 0 radical (unpaired) electrons. The molecule has 0 fully saturated rings. The van der Waals surface area contributed by atoms with Crippen LogP contribution < -0.4 is 16.2 Å². The Bertz CT molecular complexity index is 1180. The number of carbonyl (C=O) groups is 1. The summed E-state index contributed by atoms with van der Waals surface area (Å²) in [7, 11) is 0. The van der Waals surface area contributed by atoms with Crippen LogP contribution in [-0.4, -0.2) is 37.1 Å².